The zero-order chi connectivity index (χ0) is 17.1. The quantitative estimate of drug-likeness (QED) is 0.722. The van der Waals surface area contributed by atoms with Crippen molar-refractivity contribution < 1.29 is 13.9 Å². The number of amides is 1. The Bertz CT molecular complexity index is 862. The van der Waals surface area contributed by atoms with Gasteiger partial charge in [-0.3, -0.25) is 4.79 Å². The summed E-state index contributed by atoms with van der Waals surface area (Å²) in [6, 6.07) is 13.4. The molecule has 2 aromatic carbocycles. The van der Waals surface area contributed by atoms with Gasteiger partial charge in [-0.1, -0.05) is 19.1 Å². The lowest BCUT2D eigenvalue weighted by atomic mass is 10.1. The number of hydrogen-bond donors (Lipinski definition) is 1. The minimum Gasteiger partial charge on any atom is -0.494 e. The van der Waals surface area contributed by atoms with Crippen molar-refractivity contribution in [2.75, 3.05) is 11.9 Å². The van der Waals surface area contributed by atoms with E-state index in [0.29, 0.717) is 23.5 Å². The van der Waals surface area contributed by atoms with E-state index in [1.54, 1.807) is 6.92 Å². The molecule has 0 unspecified atom stereocenters. The van der Waals surface area contributed by atoms with Crippen molar-refractivity contribution in [2.45, 2.75) is 27.2 Å². The van der Waals surface area contributed by atoms with Gasteiger partial charge in [-0.15, -0.1) is 0 Å². The highest BCUT2D eigenvalue weighted by Crippen LogP contribution is 2.29. The summed E-state index contributed by atoms with van der Waals surface area (Å²) in [7, 11) is 0. The summed E-state index contributed by atoms with van der Waals surface area (Å²) in [4.78, 5) is 12.7. The van der Waals surface area contributed by atoms with Crippen molar-refractivity contribution in [1.29, 1.82) is 0 Å². The van der Waals surface area contributed by atoms with E-state index in [-0.39, 0.29) is 5.91 Å². The number of rotatable bonds is 5. The lowest BCUT2D eigenvalue weighted by Crippen LogP contribution is -2.12. The molecule has 124 valence electrons. The van der Waals surface area contributed by atoms with Crippen molar-refractivity contribution >= 4 is 22.6 Å². The van der Waals surface area contributed by atoms with Crippen LogP contribution in [0.25, 0.3) is 11.0 Å². The molecule has 3 rings (SSSR count). The predicted octanol–water partition coefficient (Wildman–Crippen LogP) is 4.95. The molecule has 24 heavy (non-hydrogen) atoms. The number of furan rings is 1. The Balaban J connectivity index is 1.92. The first-order chi connectivity index (χ1) is 11.6. The fourth-order valence-electron chi connectivity index (χ4n) is 2.76. The fourth-order valence-corrected chi connectivity index (χ4v) is 2.76. The van der Waals surface area contributed by atoms with Crippen LogP contribution in [0.3, 0.4) is 0 Å². The predicted molar refractivity (Wildman–Crippen MR) is 95.9 cm³/mol. The summed E-state index contributed by atoms with van der Waals surface area (Å²) in [6.45, 7) is 6.41. The van der Waals surface area contributed by atoms with E-state index in [0.717, 1.165) is 23.2 Å². The van der Waals surface area contributed by atoms with Crippen molar-refractivity contribution in [1.82, 2.24) is 0 Å². The van der Waals surface area contributed by atoms with Crippen LogP contribution in [0.2, 0.25) is 0 Å². The van der Waals surface area contributed by atoms with E-state index in [2.05, 4.69) is 12.2 Å². The third-order valence-corrected chi connectivity index (χ3v) is 3.99. The minimum absolute atomic E-state index is 0.177. The van der Waals surface area contributed by atoms with E-state index < -0.39 is 0 Å². The van der Waals surface area contributed by atoms with Crippen LogP contribution < -0.4 is 10.1 Å². The Morgan fingerprint density at radius 3 is 2.54 bits per heavy atom. The highest BCUT2D eigenvalue weighted by Gasteiger charge is 2.19. The largest absolute Gasteiger partial charge is 0.494 e. The summed E-state index contributed by atoms with van der Waals surface area (Å²) < 4.78 is 11.2. The molecule has 0 aliphatic heterocycles. The Morgan fingerprint density at radius 1 is 1.12 bits per heavy atom. The highest BCUT2D eigenvalue weighted by molar-refractivity contribution is 6.13. The molecule has 0 fully saturated rings. The normalized spacial score (nSPS) is 10.8. The van der Waals surface area contributed by atoms with Crippen LogP contribution in [0.5, 0.6) is 5.75 Å². The van der Waals surface area contributed by atoms with Gasteiger partial charge in [-0.05, 0) is 56.2 Å². The number of nitrogens with one attached hydrogen (secondary N) is 1. The lowest BCUT2D eigenvalue weighted by molar-refractivity contribution is 0.102. The van der Waals surface area contributed by atoms with Gasteiger partial charge in [0.05, 0.1) is 12.2 Å². The summed E-state index contributed by atoms with van der Waals surface area (Å²) >= 11 is 0. The van der Waals surface area contributed by atoms with Gasteiger partial charge in [-0.2, -0.15) is 0 Å². The first-order valence-electron chi connectivity index (χ1n) is 8.18. The van der Waals surface area contributed by atoms with Crippen molar-refractivity contribution in [3.63, 3.8) is 0 Å². The smallest absolute Gasteiger partial charge is 0.259 e. The van der Waals surface area contributed by atoms with E-state index in [4.69, 9.17) is 9.15 Å². The molecule has 0 saturated heterocycles. The maximum absolute atomic E-state index is 12.7. The third kappa shape index (κ3) is 3.13. The standard InChI is InChI=1S/C20H21NO3/c1-4-14-6-8-15(9-7-14)21-20(22)19-13(3)24-18-11-10-16(23-5-2)12-17(18)19/h6-12H,4-5H2,1-3H3,(H,21,22). The molecule has 1 heterocycles. The molecule has 1 N–H and O–H groups in total. The van der Waals surface area contributed by atoms with Gasteiger partial charge in [0, 0.05) is 11.1 Å². The summed E-state index contributed by atoms with van der Waals surface area (Å²) in [5.74, 6) is 1.15. The summed E-state index contributed by atoms with van der Waals surface area (Å²) in [5, 5.41) is 3.71. The number of fused-ring (bicyclic) bond motifs is 1. The fraction of sp³-hybridized carbons (Fsp3) is 0.250. The van der Waals surface area contributed by atoms with E-state index in [9.17, 15) is 4.79 Å². The zero-order valence-electron chi connectivity index (χ0n) is 14.2. The minimum atomic E-state index is -0.177. The maximum atomic E-state index is 12.7. The molecule has 0 bridgehead atoms. The molecule has 4 nitrogen and oxygen atoms in total. The van der Waals surface area contributed by atoms with Crippen LogP contribution >= 0.6 is 0 Å². The lowest BCUT2D eigenvalue weighted by Gasteiger charge is -2.06. The van der Waals surface area contributed by atoms with Crippen LogP contribution in [-0.4, -0.2) is 12.5 Å². The van der Waals surface area contributed by atoms with Gasteiger partial charge in [0.1, 0.15) is 17.1 Å². The van der Waals surface area contributed by atoms with Gasteiger partial charge in [0.25, 0.3) is 5.91 Å². The molecule has 4 heteroatoms. The first-order valence-corrected chi connectivity index (χ1v) is 8.18. The van der Waals surface area contributed by atoms with E-state index >= 15 is 0 Å². The number of benzene rings is 2. The monoisotopic (exact) mass is 323 g/mol. The number of aryl methyl sites for hydroxylation is 2. The maximum Gasteiger partial charge on any atom is 0.259 e. The topological polar surface area (TPSA) is 51.5 Å². The second-order valence-corrected chi connectivity index (χ2v) is 5.63. The van der Waals surface area contributed by atoms with Gasteiger partial charge in [0.15, 0.2) is 0 Å². The Kier molecular flexibility index (Phi) is 4.56. The van der Waals surface area contributed by atoms with Gasteiger partial charge in [-0.25, -0.2) is 0 Å². The second-order valence-electron chi connectivity index (χ2n) is 5.63. The summed E-state index contributed by atoms with van der Waals surface area (Å²) in [5.41, 5.74) is 3.24. The van der Waals surface area contributed by atoms with Crippen LogP contribution in [0.1, 0.15) is 35.5 Å². The average molecular weight is 323 g/mol. The Labute approximate surface area is 141 Å². The molecule has 0 saturated carbocycles. The molecule has 0 spiro atoms. The molecule has 0 radical (unpaired) electrons. The SMILES string of the molecule is CCOc1ccc2oc(C)c(C(=O)Nc3ccc(CC)cc3)c2c1. The average Bonchev–Trinajstić information content (AvgIpc) is 2.91. The zero-order valence-corrected chi connectivity index (χ0v) is 14.2. The Hall–Kier alpha value is -2.75. The number of anilines is 1. The number of ether oxygens (including phenoxy) is 1. The molecule has 1 amide bonds. The molecule has 0 atom stereocenters. The van der Waals surface area contributed by atoms with Crippen LogP contribution in [0.4, 0.5) is 5.69 Å². The van der Waals surface area contributed by atoms with Crippen molar-refractivity contribution in [3.05, 3.63) is 59.4 Å². The Morgan fingerprint density at radius 2 is 1.88 bits per heavy atom. The highest BCUT2D eigenvalue weighted by atomic mass is 16.5. The third-order valence-electron chi connectivity index (χ3n) is 3.99. The first kappa shape index (κ1) is 16.1. The van der Waals surface area contributed by atoms with Crippen LogP contribution in [0, 0.1) is 6.92 Å². The van der Waals surface area contributed by atoms with Crippen molar-refractivity contribution in [2.24, 2.45) is 0 Å². The molecular weight excluding hydrogens is 302 g/mol. The molecular formula is C20H21NO3. The number of hydrogen-bond acceptors (Lipinski definition) is 3. The number of carbonyl (C=O) groups is 1. The van der Waals surface area contributed by atoms with Crippen LogP contribution in [-0.2, 0) is 6.42 Å². The molecule has 0 aliphatic rings. The molecule has 3 aromatic rings. The van der Waals surface area contributed by atoms with E-state index in [1.807, 2.05) is 49.4 Å². The molecule has 0 aliphatic carbocycles. The second kappa shape index (κ2) is 6.79. The summed E-state index contributed by atoms with van der Waals surface area (Å²) in [6.07, 6.45) is 0.972. The molecule has 1 aromatic heterocycles. The number of carbonyl (C=O) groups excluding carboxylic acids is 1. The van der Waals surface area contributed by atoms with Crippen LogP contribution in [0.15, 0.2) is 46.9 Å². The van der Waals surface area contributed by atoms with Gasteiger partial charge >= 0.3 is 0 Å². The van der Waals surface area contributed by atoms with E-state index in [1.165, 1.54) is 5.56 Å². The van der Waals surface area contributed by atoms with Crippen molar-refractivity contribution in [3.8, 4) is 5.75 Å². The van der Waals surface area contributed by atoms with Gasteiger partial charge in [0.2, 0.25) is 0 Å². The van der Waals surface area contributed by atoms with Gasteiger partial charge < -0.3 is 14.5 Å².